The molecule has 3 rings (SSSR count). The van der Waals surface area contributed by atoms with Crippen LogP contribution in [-0.4, -0.2) is 61.0 Å². The minimum absolute atomic E-state index is 0.777. The van der Waals surface area contributed by atoms with Gasteiger partial charge in [0, 0.05) is 51.0 Å². The molecule has 0 aliphatic carbocycles. The van der Waals surface area contributed by atoms with E-state index < -0.39 is 0 Å². The van der Waals surface area contributed by atoms with E-state index in [1.54, 1.807) is 0 Å². The van der Waals surface area contributed by atoms with Gasteiger partial charge in [-0.2, -0.15) is 0 Å². The molecule has 2 aromatic heterocycles. The topological polar surface area (TPSA) is 75.2 Å². The SMILES string of the molecule is C1=NCCCCN=Cc2cccc(n2)C=NCCCCN=Cc2cccc1n2. The van der Waals surface area contributed by atoms with Crippen LogP contribution in [0.15, 0.2) is 56.4 Å². The fourth-order valence-corrected chi connectivity index (χ4v) is 2.67. The molecule has 4 bridgehead atoms. The number of hydrogen-bond donors (Lipinski definition) is 0. The van der Waals surface area contributed by atoms with Crippen molar-refractivity contribution in [1.29, 1.82) is 0 Å². The van der Waals surface area contributed by atoms with Crippen molar-refractivity contribution in [2.24, 2.45) is 20.0 Å². The maximum Gasteiger partial charge on any atom is 0.0815 e. The summed E-state index contributed by atoms with van der Waals surface area (Å²) >= 11 is 0. The maximum atomic E-state index is 4.55. The van der Waals surface area contributed by atoms with Crippen LogP contribution in [-0.2, 0) is 0 Å². The van der Waals surface area contributed by atoms with E-state index in [0.29, 0.717) is 0 Å². The van der Waals surface area contributed by atoms with Gasteiger partial charge in [0.15, 0.2) is 0 Å². The van der Waals surface area contributed by atoms with E-state index in [1.165, 1.54) is 0 Å². The lowest BCUT2D eigenvalue weighted by molar-refractivity contribution is 0.759. The summed E-state index contributed by atoms with van der Waals surface area (Å²) < 4.78 is 0. The molecule has 0 fully saturated rings. The fourth-order valence-electron chi connectivity index (χ4n) is 2.67. The second kappa shape index (κ2) is 11.6. The molecule has 0 amide bonds. The second-order valence-corrected chi connectivity index (χ2v) is 6.53. The van der Waals surface area contributed by atoms with Gasteiger partial charge in [0.2, 0.25) is 0 Å². The van der Waals surface area contributed by atoms with E-state index in [-0.39, 0.29) is 0 Å². The fraction of sp³-hybridized carbons (Fsp3) is 0.364. The molecule has 6 nitrogen and oxygen atoms in total. The standard InChI is InChI=1S/C22H26N6/c1-2-12-24-16-20-8-6-10-22(28-20)18-26-14-4-3-13-25-17-21-9-5-7-19(27-21)15-23-11-1/h5-10,15-18H,1-4,11-14H2. The molecule has 0 radical (unpaired) electrons. The Labute approximate surface area is 166 Å². The van der Waals surface area contributed by atoms with E-state index in [9.17, 15) is 0 Å². The predicted molar refractivity (Wildman–Crippen MR) is 117 cm³/mol. The number of rotatable bonds is 0. The maximum absolute atomic E-state index is 4.55. The highest BCUT2D eigenvalue weighted by atomic mass is 14.8. The first kappa shape index (κ1) is 19.7. The third-order valence-electron chi connectivity index (χ3n) is 4.13. The van der Waals surface area contributed by atoms with Crippen LogP contribution in [0, 0.1) is 0 Å². The van der Waals surface area contributed by atoms with E-state index in [0.717, 1.165) is 74.6 Å². The summed E-state index contributed by atoms with van der Waals surface area (Å²) in [5.74, 6) is 0. The minimum Gasteiger partial charge on any atom is -0.291 e. The van der Waals surface area contributed by atoms with E-state index >= 15 is 0 Å². The van der Waals surface area contributed by atoms with Crippen LogP contribution in [0.3, 0.4) is 0 Å². The number of fused-ring (bicyclic) bond motifs is 4. The van der Waals surface area contributed by atoms with Crippen LogP contribution in [0.5, 0.6) is 0 Å². The Kier molecular flexibility index (Phi) is 8.21. The van der Waals surface area contributed by atoms with Crippen molar-refractivity contribution in [2.45, 2.75) is 25.7 Å². The molecule has 2 aromatic rings. The van der Waals surface area contributed by atoms with Crippen molar-refractivity contribution in [3.8, 4) is 0 Å². The molecule has 0 atom stereocenters. The largest absolute Gasteiger partial charge is 0.291 e. The predicted octanol–water partition coefficient (Wildman–Crippen LogP) is 3.43. The molecule has 0 saturated carbocycles. The Morgan fingerprint density at radius 2 is 0.714 bits per heavy atom. The zero-order valence-corrected chi connectivity index (χ0v) is 16.1. The Bertz CT molecular complexity index is 720. The molecular weight excluding hydrogens is 348 g/mol. The first-order chi connectivity index (χ1) is 13.9. The molecule has 1 aliphatic rings. The van der Waals surface area contributed by atoms with Crippen LogP contribution < -0.4 is 0 Å². The number of nitrogens with zero attached hydrogens (tertiary/aromatic N) is 6. The van der Waals surface area contributed by atoms with Gasteiger partial charge in [-0.05, 0) is 49.9 Å². The lowest BCUT2D eigenvalue weighted by Crippen LogP contribution is -1.97. The lowest BCUT2D eigenvalue weighted by Gasteiger charge is -1.99. The molecule has 0 N–H and O–H groups in total. The normalized spacial score (nSPS) is 16.3. The summed E-state index contributed by atoms with van der Waals surface area (Å²) in [6.07, 6.45) is 11.3. The number of aromatic nitrogens is 2. The molecule has 1 aliphatic heterocycles. The highest BCUT2D eigenvalue weighted by Gasteiger charge is 1.95. The summed E-state index contributed by atoms with van der Waals surface area (Å²) in [7, 11) is 0. The molecule has 144 valence electrons. The summed E-state index contributed by atoms with van der Waals surface area (Å²) in [6, 6.07) is 11.8. The molecule has 0 aromatic carbocycles. The quantitative estimate of drug-likeness (QED) is 0.708. The Balaban J connectivity index is 1.64. The third-order valence-corrected chi connectivity index (χ3v) is 4.13. The summed E-state index contributed by atoms with van der Waals surface area (Å²) in [6.45, 7) is 3.11. The second-order valence-electron chi connectivity index (χ2n) is 6.53. The van der Waals surface area contributed by atoms with E-state index in [2.05, 4.69) is 29.9 Å². The first-order valence-corrected chi connectivity index (χ1v) is 9.83. The van der Waals surface area contributed by atoms with Gasteiger partial charge >= 0.3 is 0 Å². The highest BCUT2D eigenvalue weighted by Crippen LogP contribution is 1.99. The van der Waals surface area contributed by atoms with Crippen molar-refractivity contribution in [3.63, 3.8) is 0 Å². The van der Waals surface area contributed by atoms with Crippen LogP contribution in [0.25, 0.3) is 0 Å². The average Bonchev–Trinajstić information content (AvgIpc) is 2.72. The van der Waals surface area contributed by atoms with Crippen LogP contribution in [0.2, 0.25) is 0 Å². The molecule has 0 spiro atoms. The van der Waals surface area contributed by atoms with Gasteiger partial charge in [0.25, 0.3) is 0 Å². The van der Waals surface area contributed by atoms with Crippen LogP contribution in [0.4, 0.5) is 0 Å². The lowest BCUT2D eigenvalue weighted by atomic mass is 10.3. The highest BCUT2D eigenvalue weighted by molar-refractivity contribution is 5.82. The first-order valence-electron chi connectivity index (χ1n) is 9.83. The van der Waals surface area contributed by atoms with Crippen molar-refractivity contribution < 1.29 is 0 Å². The zero-order valence-electron chi connectivity index (χ0n) is 16.1. The van der Waals surface area contributed by atoms with Crippen molar-refractivity contribution in [2.75, 3.05) is 26.2 Å². The van der Waals surface area contributed by atoms with Gasteiger partial charge in [-0.1, -0.05) is 12.1 Å². The van der Waals surface area contributed by atoms with Gasteiger partial charge in [-0.15, -0.1) is 0 Å². The van der Waals surface area contributed by atoms with Gasteiger partial charge in [0.1, 0.15) is 0 Å². The number of aliphatic imine (C=N–C) groups is 4. The number of hydrogen-bond acceptors (Lipinski definition) is 6. The van der Waals surface area contributed by atoms with Crippen LogP contribution >= 0.6 is 0 Å². The Morgan fingerprint density at radius 1 is 0.429 bits per heavy atom. The smallest absolute Gasteiger partial charge is 0.0815 e. The summed E-state index contributed by atoms with van der Waals surface area (Å²) in [4.78, 5) is 27.0. The molecule has 0 unspecified atom stereocenters. The molecule has 0 saturated heterocycles. The van der Waals surface area contributed by atoms with E-state index in [1.807, 2.05) is 61.3 Å². The van der Waals surface area contributed by atoms with Crippen molar-refractivity contribution in [1.82, 2.24) is 9.97 Å². The Morgan fingerprint density at radius 3 is 1.00 bits per heavy atom. The molecule has 6 heteroatoms. The monoisotopic (exact) mass is 374 g/mol. The summed E-state index contributed by atoms with van der Waals surface area (Å²) in [5.41, 5.74) is 3.46. The minimum atomic E-state index is 0.777. The third kappa shape index (κ3) is 7.31. The van der Waals surface area contributed by atoms with Gasteiger partial charge < -0.3 is 0 Å². The average molecular weight is 374 g/mol. The van der Waals surface area contributed by atoms with Crippen LogP contribution in [0.1, 0.15) is 48.5 Å². The molecule has 3 heterocycles. The summed E-state index contributed by atoms with van der Waals surface area (Å²) in [5, 5.41) is 0. The van der Waals surface area contributed by atoms with Crippen molar-refractivity contribution in [3.05, 3.63) is 59.2 Å². The van der Waals surface area contributed by atoms with Gasteiger partial charge in [-0.25, -0.2) is 9.97 Å². The zero-order chi connectivity index (χ0) is 19.3. The number of pyridine rings is 2. The Hall–Kier alpha value is -3.02. The molecule has 28 heavy (non-hydrogen) atoms. The van der Waals surface area contributed by atoms with Gasteiger partial charge in [0.05, 0.1) is 22.8 Å². The molecular formula is C22H26N6. The van der Waals surface area contributed by atoms with E-state index in [4.69, 9.17) is 0 Å². The van der Waals surface area contributed by atoms with Crippen molar-refractivity contribution >= 4 is 24.9 Å². The van der Waals surface area contributed by atoms with Gasteiger partial charge in [-0.3, -0.25) is 20.0 Å².